The molecule has 1 amide bonds. The molecule has 0 saturated heterocycles. The van der Waals surface area contributed by atoms with Gasteiger partial charge in [-0.25, -0.2) is 4.79 Å². The van der Waals surface area contributed by atoms with Crippen molar-refractivity contribution in [3.63, 3.8) is 0 Å². The summed E-state index contributed by atoms with van der Waals surface area (Å²) in [5, 5.41) is 1.17. The molecule has 0 spiro atoms. The third-order valence-electron chi connectivity index (χ3n) is 0.633. The molecule has 0 aromatic heterocycles. The number of rotatable bonds is 1. The molecule has 0 bridgehead atoms. The SMILES string of the molecule is CC(=O)[N+](=O)N(C)C. The van der Waals surface area contributed by atoms with Crippen LogP contribution in [0.4, 0.5) is 0 Å². The van der Waals surface area contributed by atoms with Crippen LogP contribution in [0, 0.1) is 4.91 Å². The van der Waals surface area contributed by atoms with Crippen molar-refractivity contribution in [3.05, 3.63) is 4.91 Å². The Balaban J connectivity index is 3.84. The van der Waals surface area contributed by atoms with Crippen LogP contribution in [0.15, 0.2) is 0 Å². The van der Waals surface area contributed by atoms with Crippen molar-refractivity contribution in [2.24, 2.45) is 0 Å². The summed E-state index contributed by atoms with van der Waals surface area (Å²) in [6, 6.07) is 0. The van der Waals surface area contributed by atoms with Crippen LogP contribution in [0.3, 0.4) is 0 Å². The van der Waals surface area contributed by atoms with Gasteiger partial charge in [-0.2, -0.15) is 0 Å². The number of amides is 1. The number of hydrazine groups is 1. The van der Waals surface area contributed by atoms with Gasteiger partial charge in [0.2, 0.25) is 0 Å². The van der Waals surface area contributed by atoms with E-state index in [2.05, 4.69) is 0 Å². The maximum Gasteiger partial charge on any atom is 0.463 e. The third kappa shape index (κ3) is 1.68. The normalized spacial score (nSPS) is 8.38. The van der Waals surface area contributed by atoms with Crippen LogP contribution in [0.5, 0.6) is 0 Å². The van der Waals surface area contributed by atoms with Gasteiger partial charge in [-0.05, 0) is 0 Å². The molecule has 8 heavy (non-hydrogen) atoms. The summed E-state index contributed by atoms with van der Waals surface area (Å²) in [6.07, 6.45) is 0. The molecule has 0 fully saturated rings. The van der Waals surface area contributed by atoms with Gasteiger partial charge in [-0.1, -0.05) is 0 Å². The van der Waals surface area contributed by atoms with Crippen LogP contribution in [0.1, 0.15) is 6.92 Å². The number of hydrogen-bond donors (Lipinski definition) is 0. The molecule has 46 valence electrons. The quantitative estimate of drug-likeness (QED) is 0.352. The summed E-state index contributed by atoms with van der Waals surface area (Å²) >= 11 is 0. The van der Waals surface area contributed by atoms with Crippen LogP contribution in [-0.4, -0.2) is 29.9 Å². The first-order valence-electron chi connectivity index (χ1n) is 2.20. The van der Waals surface area contributed by atoms with Gasteiger partial charge in [0.25, 0.3) is 0 Å². The van der Waals surface area contributed by atoms with E-state index in [0.717, 1.165) is 0 Å². The van der Waals surface area contributed by atoms with Gasteiger partial charge in [0.15, 0.2) is 4.87 Å². The first kappa shape index (κ1) is 7.07. The highest BCUT2D eigenvalue weighted by molar-refractivity contribution is 5.62. The van der Waals surface area contributed by atoms with Gasteiger partial charge in [0.05, 0.1) is 25.9 Å². The fraction of sp³-hybridized carbons (Fsp3) is 0.750. The van der Waals surface area contributed by atoms with Crippen molar-refractivity contribution < 1.29 is 9.66 Å². The Bertz CT molecular complexity index is 119. The van der Waals surface area contributed by atoms with E-state index in [0.29, 0.717) is 0 Å². The molecular formula is C4H9N2O2+. The van der Waals surface area contributed by atoms with Gasteiger partial charge in [0, 0.05) is 0 Å². The maximum atomic E-state index is 10.3. The molecular weight excluding hydrogens is 108 g/mol. The predicted molar refractivity (Wildman–Crippen MR) is 28.0 cm³/mol. The van der Waals surface area contributed by atoms with Crippen molar-refractivity contribution in [1.82, 2.24) is 5.01 Å². The van der Waals surface area contributed by atoms with Crippen molar-refractivity contribution in [3.8, 4) is 0 Å². The van der Waals surface area contributed by atoms with E-state index in [9.17, 15) is 9.70 Å². The lowest BCUT2D eigenvalue weighted by molar-refractivity contribution is -0.621. The lowest BCUT2D eigenvalue weighted by Crippen LogP contribution is -2.28. The van der Waals surface area contributed by atoms with Gasteiger partial charge in [-0.3, -0.25) is 0 Å². The second-order valence-corrected chi connectivity index (χ2v) is 1.64. The van der Waals surface area contributed by atoms with Gasteiger partial charge in [0.1, 0.15) is 0 Å². The molecule has 4 nitrogen and oxygen atoms in total. The smallest absolute Gasteiger partial charge is 0.212 e. The highest BCUT2D eigenvalue weighted by atomic mass is 16.3. The van der Waals surface area contributed by atoms with E-state index < -0.39 is 5.91 Å². The second-order valence-electron chi connectivity index (χ2n) is 1.64. The summed E-state index contributed by atoms with van der Waals surface area (Å²) in [6.45, 7) is 1.22. The third-order valence-corrected chi connectivity index (χ3v) is 0.633. The zero-order chi connectivity index (χ0) is 6.73. The van der Waals surface area contributed by atoms with Crippen LogP contribution in [0.25, 0.3) is 0 Å². The molecule has 0 rings (SSSR count). The Morgan fingerprint density at radius 2 is 1.88 bits per heavy atom. The fourth-order valence-corrected chi connectivity index (χ4v) is 0.282. The Hall–Kier alpha value is -0.930. The van der Waals surface area contributed by atoms with Gasteiger partial charge >= 0.3 is 5.91 Å². The number of nitrogens with zero attached hydrogens (tertiary/aromatic N) is 2. The number of nitroso groups, excluding NO2 is 1. The standard InChI is InChI=1S/C4H9N2O2/c1-4(7)6(8)5(2)3/h1-3H3/q+1. The van der Waals surface area contributed by atoms with Crippen molar-refractivity contribution in [2.75, 3.05) is 14.1 Å². The van der Waals surface area contributed by atoms with Crippen molar-refractivity contribution in [1.29, 1.82) is 0 Å². The first-order chi connectivity index (χ1) is 3.55. The molecule has 0 saturated carbocycles. The average molecular weight is 117 g/mol. The molecule has 4 heteroatoms. The van der Waals surface area contributed by atoms with Gasteiger partial charge < -0.3 is 0 Å². The minimum Gasteiger partial charge on any atom is -0.212 e. The topological polar surface area (TPSA) is 40.4 Å². The molecule has 0 atom stereocenters. The molecule has 0 aromatic carbocycles. The Morgan fingerprint density at radius 3 is 1.88 bits per heavy atom. The van der Waals surface area contributed by atoms with Crippen LogP contribution < -0.4 is 0 Å². The molecule has 0 aliphatic carbocycles. The highest BCUT2D eigenvalue weighted by Crippen LogP contribution is 1.76. The predicted octanol–water partition coefficient (Wildman–Crippen LogP) is -0.212. The summed E-state index contributed by atoms with van der Waals surface area (Å²) in [5.74, 6) is -0.505. The Kier molecular flexibility index (Phi) is 2.12. The molecule has 0 radical (unpaired) electrons. The van der Waals surface area contributed by atoms with Gasteiger partial charge in [-0.15, -0.1) is 5.01 Å². The van der Waals surface area contributed by atoms with E-state index in [1.807, 2.05) is 0 Å². The largest absolute Gasteiger partial charge is 0.463 e. The minimum atomic E-state index is -0.505. The fourth-order valence-electron chi connectivity index (χ4n) is 0.282. The molecule has 0 N–H and O–H groups in total. The zero-order valence-corrected chi connectivity index (χ0v) is 5.21. The molecule has 0 unspecified atom stereocenters. The Morgan fingerprint density at radius 1 is 1.50 bits per heavy atom. The zero-order valence-electron chi connectivity index (χ0n) is 5.21. The first-order valence-corrected chi connectivity index (χ1v) is 2.20. The highest BCUT2D eigenvalue weighted by Gasteiger charge is 2.17. The molecule has 0 aromatic rings. The van der Waals surface area contributed by atoms with Crippen LogP contribution in [-0.2, 0) is 4.79 Å². The van der Waals surface area contributed by atoms with E-state index >= 15 is 0 Å². The average Bonchev–Trinajstić information content (AvgIpc) is 1.64. The van der Waals surface area contributed by atoms with Crippen LogP contribution in [0.2, 0.25) is 0 Å². The van der Waals surface area contributed by atoms with E-state index in [-0.39, 0.29) is 4.87 Å². The second kappa shape index (κ2) is 2.40. The van der Waals surface area contributed by atoms with E-state index in [1.54, 1.807) is 0 Å². The summed E-state index contributed by atoms with van der Waals surface area (Å²) in [5.41, 5.74) is 0. The Labute approximate surface area is 47.6 Å². The number of carbonyl (C=O) groups excluding carboxylic acids is 1. The lowest BCUT2D eigenvalue weighted by atomic mass is 10.7. The van der Waals surface area contributed by atoms with E-state index in [1.165, 1.54) is 26.0 Å². The summed E-state index contributed by atoms with van der Waals surface area (Å²) in [4.78, 5) is 20.8. The molecule has 0 heterocycles. The maximum absolute atomic E-state index is 10.3. The summed E-state index contributed by atoms with van der Waals surface area (Å²) < 4.78 is 0. The van der Waals surface area contributed by atoms with Crippen molar-refractivity contribution in [2.45, 2.75) is 6.92 Å². The number of carbonyl (C=O) groups is 1. The van der Waals surface area contributed by atoms with Crippen LogP contribution >= 0.6 is 0 Å². The molecule has 0 aliphatic rings. The molecule has 0 aliphatic heterocycles. The summed E-state index contributed by atoms with van der Waals surface area (Å²) in [7, 11) is 3.02. The monoisotopic (exact) mass is 117 g/mol. The van der Waals surface area contributed by atoms with Crippen molar-refractivity contribution >= 4 is 5.91 Å². The lowest BCUT2D eigenvalue weighted by Gasteiger charge is -1.93. The minimum absolute atomic E-state index is 0.278. The van der Waals surface area contributed by atoms with E-state index in [4.69, 9.17) is 0 Å². The number of hydrogen-bond acceptors (Lipinski definition) is 2.